The molecule has 10 rings (SSSR count). The molecule has 290 valence electrons. The van der Waals surface area contributed by atoms with Gasteiger partial charge in [0.2, 0.25) is 27.9 Å². The molecule has 5 aromatic rings. The predicted octanol–water partition coefficient (Wildman–Crippen LogP) is 1.15. The van der Waals surface area contributed by atoms with Gasteiger partial charge in [-0.25, -0.2) is 9.98 Å². The smallest absolute Gasteiger partial charge is 0.231 e. The van der Waals surface area contributed by atoms with E-state index in [1.807, 2.05) is 61.5 Å². The van der Waals surface area contributed by atoms with Crippen molar-refractivity contribution in [2.24, 2.45) is 0 Å². The van der Waals surface area contributed by atoms with Gasteiger partial charge in [0.05, 0.1) is 38.3 Å². The summed E-state index contributed by atoms with van der Waals surface area (Å²) in [6, 6.07) is 22.5. The fourth-order valence-electron chi connectivity index (χ4n) is 9.42. The van der Waals surface area contributed by atoms with E-state index in [-0.39, 0.29) is 33.8 Å². The average molecular weight is 790 g/mol. The lowest BCUT2D eigenvalue weighted by Crippen LogP contribution is -2.95. The van der Waals surface area contributed by atoms with Gasteiger partial charge in [-0.2, -0.15) is 0 Å². The van der Waals surface area contributed by atoms with E-state index in [9.17, 15) is 19.8 Å². The van der Waals surface area contributed by atoms with Crippen molar-refractivity contribution in [3.63, 3.8) is 0 Å². The zero-order chi connectivity index (χ0) is 40.4. The monoisotopic (exact) mass is 789 g/mol. The van der Waals surface area contributed by atoms with Crippen molar-refractivity contribution in [2.75, 3.05) is 22.6 Å². The molecule has 5 aliphatic rings. The Kier molecular flexibility index (Phi) is 7.79. The van der Waals surface area contributed by atoms with Crippen LogP contribution in [0.3, 0.4) is 0 Å². The third-order valence-electron chi connectivity index (χ3n) is 12.1. The molecule has 3 heterocycles. The number of carbonyl (C=O) groups excluding carboxylic acids is 2. The zero-order valence-corrected chi connectivity index (χ0v) is 33.5. The number of halogens is 1. The minimum absolute atomic E-state index is 0.0201. The first kappa shape index (κ1) is 36.0. The summed E-state index contributed by atoms with van der Waals surface area (Å²) in [6.07, 6.45) is 4.71. The number of hydrogen-bond acceptors (Lipinski definition) is 8. The summed E-state index contributed by atoms with van der Waals surface area (Å²) in [6.45, 7) is 8.29. The predicted molar refractivity (Wildman–Crippen MR) is 220 cm³/mol. The highest BCUT2D eigenvalue weighted by molar-refractivity contribution is 6.52. The first-order valence-corrected chi connectivity index (χ1v) is 20.1. The molecule has 0 fully saturated rings. The van der Waals surface area contributed by atoms with Crippen LogP contribution >= 0.6 is 11.6 Å². The van der Waals surface area contributed by atoms with Crippen molar-refractivity contribution in [1.29, 1.82) is 0 Å². The van der Waals surface area contributed by atoms with Crippen LogP contribution in [0.4, 0.5) is 17.1 Å². The molecule has 0 amide bonds. The van der Waals surface area contributed by atoms with Crippen LogP contribution in [0.5, 0.6) is 5.75 Å². The van der Waals surface area contributed by atoms with E-state index in [0.717, 1.165) is 52.2 Å². The number of allylic oxidation sites excluding steroid dienone is 5. The molecule has 11 heteroatoms. The molecule has 5 aromatic carbocycles. The van der Waals surface area contributed by atoms with E-state index in [4.69, 9.17) is 16.3 Å². The molecular weight excluding hydrogens is 750 g/mol. The first-order chi connectivity index (χ1) is 27.8. The molecule has 2 aliphatic carbocycles. The third kappa shape index (κ3) is 5.10. The minimum Gasteiger partial charge on any atom is -0.871 e. The maximum Gasteiger partial charge on any atom is 0.231 e. The van der Waals surface area contributed by atoms with Gasteiger partial charge in [-0.15, -0.1) is 0 Å². The summed E-state index contributed by atoms with van der Waals surface area (Å²) in [7, 11) is 1.80. The fraction of sp³-hybridized carbons (Fsp3) is 0.234. The van der Waals surface area contributed by atoms with E-state index in [1.54, 1.807) is 30.1 Å². The lowest BCUT2D eigenvalue weighted by atomic mass is 9.79. The van der Waals surface area contributed by atoms with Crippen LogP contribution in [0, 0.1) is 0 Å². The number of nitrogens with zero attached hydrogens (tertiary/aromatic N) is 1. The van der Waals surface area contributed by atoms with Gasteiger partial charge in [0.25, 0.3) is 0 Å². The molecule has 3 aliphatic heterocycles. The molecular formula is C47H40ClN5O5. The van der Waals surface area contributed by atoms with E-state index >= 15 is 0 Å². The molecule has 0 bridgehead atoms. The highest BCUT2D eigenvalue weighted by Crippen LogP contribution is 2.43. The van der Waals surface area contributed by atoms with Crippen molar-refractivity contribution in [2.45, 2.75) is 64.7 Å². The largest absolute Gasteiger partial charge is 0.871 e. The second kappa shape index (κ2) is 12.6. The Bertz CT molecular complexity index is 3150. The number of ether oxygens (including phenoxy) is 1. The SMILES string of the molecule is CCCC1(C)Nc2cccc3cc/c(=C4/C(=O)C(c5ccc6cc/c(=C7/C(=O)C(/C=C8\Oc9cc(Cl)ccc9N8C)=C7[O-])c7c6c5NC(C)(CCC)[NH+]=7)=C4[O-])c(c23)=[NH+]1. The minimum atomic E-state index is -0.734. The summed E-state index contributed by atoms with van der Waals surface area (Å²) < 4.78 is 5.97. The maximum atomic E-state index is 14.5. The van der Waals surface area contributed by atoms with Crippen LogP contribution in [-0.2, 0) is 9.59 Å². The van der Waals surface area contributed by atoms with Crippen LogP contribution in [-0.4, -0.2) is 29.9 Å². The van der Waals surface area contributed by atoms with E-state index in [2.05, 4.69) is 41.4 Å². The first-order valence-electron chi connectivity index (χ1n) is 19.7. The Labute approximate surface area is 338 Å². The Hall–Kier alpha value is -6.39. The molecule has 58 heavy (non-hydrogen) atoms. The van der Waals surface area contributed by atoms with Gasteiger partial charge in [0.15, 0.2) is 17.3 Å². The second-order valence-corrected chi connectivity index (χ2v) is 16.7. The maximum absolute atomic E-state index is 14.5. The molecule has 0 saturated carbocycles. The molecule has 0 aromatic heterocycles. The number of fused-ring (bicyclic) bond motifs is 1. The van der Waals surface area contributed by atoms with Crippen LogP contribution in [0.1, 0.15) is 58.9 Å². The zero-order valence-electron chi connectivity index (χ0n) is 32.7. The van der Waals surface area contributed by atoms with Crippen molar-refractivity contribution < 1.29 is 34.5 Å². The lowest BCUT2D eigenvalue weighted by molar-refractivity contribution is -0.580. The summed E-state index contributed by atoms with van der Waals surface area (Å²) in [4.78, 5) is 37.4. The number of hydrogen-bond donors (Lipinski definition) is 4. The summed E-state index contributed by atoms with van der Waals surface area (Å²) in [5, 5.41) is 42.1. The Morgan fingerprint density at radius 3 is 2.09 bits per heavy atom. The molecule has 0 radical (unpaired) electrons. The van der Waals surface area contributed by atoms with Gasteiger partial charge in [0.1, 0.15) is 0 Å². The summed E-state index contributed by atoms with van der Waals surface area (Å²) in [5.74, 6) is -0.554. The topological polar surface area (TPSA) is 145 Å². The van der Waals surface area contributed by atoms with Gasteiger partial charge in [-0.3, -0.25) is 9.59 Å². The standard InChI is InChI=1S/C47H40ClN5O5/c1-6-19-46(3)49-30-10-8-9-23-11-15-27(39(50-46)34(23)30)37-44(56)38(45(37)57)28-17-13-24-12-16-26(40-35(24)41(28)52-47(4,51-40)20-7-2)36-42(54)29(43(36)55)22-33-53(5)31-18-14-25(48)21-32(31)58-33/h8-18,21-22,49,52,54,56H,6-7,19-20H2,1-5H3/b33-22-,36-26-,37-27-. The van der Waals surface area contributed by atoms with Crippen LogP contribution in [0.15, 0.2) is 102 Å². The third-order valence-corrected chi connectivity index (χ3v) is 12.3. The van der Waals surface area contributed by atoms with Gasteiger partial charge < -0.3 is 30.5 Å². The molecule has 2 atom stereocenters. The number of carbonyl (C=O) groups is 2. The second-order valence-electron chi connectivity index (χ2n) is 16.2. The van der Waals surface area contributed by atoms with Gasteiger partial charge in [0, 0.05) is 78.8 Å². The van der Waals surface area contributed by atoms with Gasteiger partial charge >= 0.3 is 0 Å². The Balaban J connectivity index is 1.16. The molecule has 10 nitrogen and oxygen atoms in total. The van der Waals surface area contributed by atoms with E-state index < -0.39 is 22.9 Å². The van der Waals surface area contributed by atoms with Crippen molar-refractivity contribution in [1.82, 2.24) is 0 Å². The highest BCUT2D eigenvalue weighted by Gasteiger charge is 2.40. The summed E-state index contributed by atoms with van der Waals surface area (Å²) >= 11 is 6.17. The van der Waals surface area contributed by atoms with Crippen LogP contribution in [0.2, 0.25) is 5.02 Å². The van der Waals surface area contributed by atoms with Crippen molar-refractivity contribution >= 4 is 78.5 Å². The van der Waals surface area contributed by atoms with Gasteiger partial charge in [-0.05, 0) is 53.9 Å². The quantitative estimate of drug-likeness (QED) is 0.201. The van der Waals surface area contributed by atoms with Crippen LogP contribution < -0.4 is 61.6 Å². The lowest BCUT2D eigenvalue weighted by Gasteiger charge is -2.34. The number of ketones is 2. The number of anilines is 3. The van der Waals surface area contributed by atoms with E-state index in [0.29, 0.717) is 55.5 Å². The highest BCUT2D eigenvalue weighted by atomic mass is 35.5. The van der Waals surface area contributed by atoms with E-state index in [1.165, 1.54) is 6.08 Å². The molecule has 4 N–H and O–H groups in total. The normalized spacial score (nSPS) is 24.2. The molecule has 0 saturated heterocycles. The molecule has 0 spiro atoms. The summed E-state index contributed by atoms with van der Waals surface area (Å²) in [5.41, 5.74) is 1.98. The van der Waals surface area contributed by atoms with Crippen molar-refractivity contribution in [3.05, 3.63) is 134 Å². The van der Waals surface area contributed by atoms with Gasteiger partial charge in [-0.1, -0.05) is 73.4 Å². The number of rotatable bonds is 6. The van der Waals surface area contributed by atoms with Crippen LogP contribution in [0.25, 0.3) is 38.3 Å². The Morgan fingerprint density at radius 1 is 0.776 bits per heavy atom. The fourth-order valence-corrected chi connectivity index (χ4v) is 9.58. The molecule has 2 unspecified atom stereocenters. The number of Topliss-reactive ketones (excluding diaryl/α,β-unsaturated/α-hetero) is 2. The number of nitrogens with one attached hydrogen (secondary N) is 4. The Morgan fingerprint density at radius 2 is 1.41 bits per heavy atom. The average Bonchev–Trinajstić information content (AvgIpc) is 3.49. The number of benzene rings is 5. The van der Waals surface area contributed by atoms with Crippen molar-refractivity contribution in [3.8, 4) is 5.75 Å².